The Balaban J connectivity index is 1.54. The number of aromatic nitrogens is 5. The van der Waals surface area contributed by atoms with E-state index in [-0.39, 0.29) is 17.5 Å². The summed E-state index contributed by atoms with van der Waals surface area (Å²) in [4.78, 5) is 24.8. The zero-order valence-electron chi connectivity index (χ0n) is 19.7. The van der Waals surface area contributed by atoms with Gasteiger partial charge in [-0.1, -0.05) is 29.5 Å². The molecule has 0 bridgehead atoms. The first-order chi connectivity index (χ1) is 16.3. The van der Waals surface area contributed by atoms with Crippen molar-refractivity contribution in [3.63, 3.8) is 0 Å². The summed E-state index contributed by atoms with van der Waals surface area (Å²) in [5.41, 5.74) is 6.86. The molecule has 0 saturated carbocycles. The van der Waals surface area contributed by atoms with E-state index >= 15 is 0 Å². The van der Waals surface area contributed by atoms with Crippen molar-refractivity contribution >= 4 is 23.5 Å². The minimum Gasteiger partial charge on any atom is -0.465 e. The van der Waals surface area contributed by atoms with Gasteiger partial charge in [0, 0.05) is 22.6 Å². The molecule has 4 rings (SSSR count). The van der Waals surface area contributed by atoms with E-state index in [1.807, 2.05) is 62.6 Å². The summed E-state index contributed by atoms with van der Waals surface area (Å²) in [7, 11) is 1.35. The molecule has 2 heterocycles. The molecule has 0 amide bonds. The second kappa shape index (κ2) is 9.64. The molecule has 0 aliphatic rings. The van der Waals surface area contributed by atoms with E-state index in [0.717, 1.165) is 33.9 Å². The van der Waals surface area contributed by atoms with Crippen LogP contribution in [0, 0.1) is 27.7 Å². The smallest absolute Gasteiger partial charge is 0.337 e. The minimum absolute atomic E-state index is 0.00860. The zero-order valence-corrected chi connectivity index (χ0v) is 20.5. The maximum atomic E-state index is 13.1. The fraction of sp³-hybridized carbons (Fsp3) is 0.240. The number of ether oxygens (including phenoxy) is 1. The Labute approximate surface area is 201 Å². The summed E-state index contributed by atoms with van der Waals surface area (Å²) in [5.74, 6) is -0.189. The summed E-state index contributed by atoms with van der Waals surface area (Å²) in [6, 6.07) is 15.1. The van der Waals surface area contributed by atoms with Gasteiger partial charge in [-0.25, -0.2) is 4.79 Å². The molecular weight excluding hydrogens is 450 g/mol. The monoisotopic (exact) mass is 475 g/mol. The molecule has 0 N–H and O–H groups in total. The fourth-order valence-corrected chi connectivity index (χ4v) is 4.74. The quantitative estimate of drug-likeness (QED) is 0.222. The summed E-state index contributed by atoms with van der Waals surface area (Å²) in [6.45, 7) is 7.91. The van der Waals surface area contributed by atoms with Crippen molar-refractivity contribution in [3.05, 3.63) is 82.2 Å². The highest BCUT2D eigenvalue weighted by Crippen LogP contribution is 2.25. The number of esters is 1. The number of methoxy groups -OCH3 is 1. The summed E-state index contributed by atoms with van der Waals surface area (Å²) in [5, 5.41) is 12.6. The van der Waals surface area contributed by atoms with E-state index in [0.29, 0.717) is 16.3 Å². The Bertz CT molecular complexity index is 1370. The number of thioether (sulfide) groups is 1. The van der Waals surface area contributed by atoms with Crippen LogP contribution < -0.4 is 0 Å². The first-order valence-electron chi connectivity index (χ1n) is 10.7. The lowest BCUT2D eigenvalue weighted by Crippen LogP contribution is -2.08. The van der Waals surface area contributed by atoms with Crippen molar-refractivity contribution in [3.8, 4) is 11.4 Å². The lowest BCUT2D eigenvalue weighted by molar-refractivity contribution is 0.0600. The van der Waals surface area contributed by atoms with Crippen molar-refractivity contribution in [2.75, 3.05) is 12.9 Å². The van der Waals surface area contributed by atoms with Crippen LogP contribution in [-0.4, -0.2) is 49.4 Å². The lowest BCUT2D eigenvalue weighted by Gasteiger charge is -2.11. The molecule has 0 spiro atoms. The third-order valence-electron chi connectivity index (χ3n) is 5.63. The Morgan fingerprint density at radius 2 is 1.74 bits per heavy atom. The molecule has 0 saturated heterocycles. The molecule has 0 atom stereocenters. The highest BCUT2D eigenvalue weighted by atomic mass is 32.2. The van der Waals surface area contributed by atoms with Gasteiger partial charge >= 0.3 is 5.97 Å². The molecule has 0 unspecified atom stereocenters. The molecule has 34 heavy (non-hydrogen) atoms. The highest BCUT2D eigenvalue weighted by Gasteiger charge is 2.19. The highest BCUT2D eigenvalue weighted by molar-refractivity contribution is 7.99. The number of hydrogen-bond donors (Lipinski definition) is 0. The molecule has 4 aromatic rings. The molecule has 174 valence electrons. The van der Waals surface area contributed by atoms with E-state index in [4.69, 9.17) is 4.74 Å². The summed E-state index contributed by atoms with van der Waals surface area (Å²) in [6.07, 6.45) is 0. The van der Waals surface area contributed by atoms with Crippen molar-refractivity contribution in [1.29, 1.82) is 0 Å². The van der Waals surface area contributed by atoms with Gasteiger partial charge in [-0.05, 0) is 80.1 Å². The van der Waals surface area contributed by atoms with Crippen LogP contribution in [0.25, 0.3) is 11.4 Å². The van der Waals surface area contributed by atoms with Gasteiger partial charge in [0.05, 0.1) is 24.1 Å². The number of rotatable bonds is 7. The molecule has 9 heteroatoms. The molecule has 2 aromatic carbocycles. The second-order valence-electron chi connectivity index (χ2n) is 8.03. The summed E-state index contributed by atoms with van der Waals surface area (Å²) >= 11 is 1.31. The van der Waals surface area contributed by atoms with E-state index < -0.39 is 0 Å². The van der Waals surface area contributed by atoms with E-state index in [1.165, 1.54) is 18.9 Å². The SMILES string of the molecule is COC(=O)c1ccc(-n2c(C)cc(C(=O)CSc3nnnn3-c3ccc(C)cc3C)c2C)cc1. The predicted octanol–water partition coefficient (Wildman–Crippen LogP) is 4.45. The first-order valence-corrected chi connectivity index (χ1v) is 11.7. The van der Waals surface area contributed by atoms with Crippen LogP contribution in [0.15, 0.2) is 53.7 Å². The first kappa shape index (κ1) is 23.4. The van der Waals surface area contributed by atoms with Crippen LogP contribution in [0.2, 0.25) is 0 Å². The zero-order chi connectivity index (χ0) is 24.4. The normalized spacial score (nSPS) is 11.0. The number of hydrogen-bond acceptors (Lipinski definition) is 7. The number of Topliss-reactive ketones (excluding diaryl/α,β-unsaturated/α-hetero) is 1. The molecule has 0 aliphatic heterocycles. The number of aryl methyl sites for hydroxylation is 3. The second-order valence-corrected chi connectivity index (χ2v) is 8.98. The minimum atomic E-state index is -0.386. The fourth-order valence-electron chi connectivity index (χ4n) is 3.98. The van der Waals surface area contributed by atoms with E-state index in [1.54, 1.807) is 16.8 Å². The van der Waals surface area contributed by atoms with Gasteiger partial charge < -0.3 is 9.30 Å². The van der Waals surface area contributed by atoms with Gasteiger partial charge in [-0.2, -0.15) is 4.68 Å². The maximum Gasteiger partial charge on any atom is 0.337 e. The third kappa shape index (κ3) is 4.51. The number of benzene rings is 2. The molecule has 2 aromatic heterocycles. The van der Waals surface area contributed by atoms with Gasteiger partial charge in [0.25, 0.3) is 0 Å². The van der Waals surface area contributed by atoms with Gasteiger partial charge in [-0.15, -0.1) is 5.10 Å². The van der Waals surface area contributed by atoms with Crippen molar-refractivity contribution < 1.29 is 14.3 Å². The van der Waals surface area contributed by atoms with Gasteiger partial charge in [0.1, 0.15) is 0 Å². The molecular formula is C25H25N5O3S. The maximum absolute atomic E-state index is 13.1. The van der Waals surface area contributed by atoms with Crippen LogP contribution in [0.3, 0.4) is 0 Å². The van der Waals surface area contributed by atoms with Crippen molar-refractivity contribution in [2.45, 2.75) is 32.9 Å². The Kier molecular flexibility index (Phi) is 6.65. The molecule has 0 radical (unpaired) electrons. The van der Waals surface area contributed by atoms with Crippen molar-refractivity contribution in [2.24, 2.45) is 0 Å². The Morgan fingerprint density at radius 3 is 2.41 bits per heavy atom. The van der Waals surface area contributed by atoms with Crippen LogP contribution in [0.1, 0.15) is 43.2 Å². The number of ketones is 1. The standard InChI is InChI=1S/C25H25N5O3S/c1-15-6-11-22(16(2)12-15)30-25(26-27-28-30)34-14-23(31)21-13-17(3)29(18(21)4)20-9-7-19(8-10-20)24(32)33-5/h6-13H,14H2,1-5H3. The Morgan fingerprint density at radius 1 is 1.00 bits per heavy atom. The molecule has 0 fully saturated rings. The average Bonchev–Trinajstić information content (AvgIpc) is 3.40. The van der Waals surface area contributed by atoms with Gasteiger partial charge in [0.15, 0.2) is 5.78 Å². The Hall–Kier alpha value is -3.72. The largest absolute Gasteiger partial charge is 0.465 e. The van der Waals surface area contributed by atoms with Crippen LogP contribution in [0.5, 0.6) is 0 Å². The topological polar surface area (TPSA) is 91.9 Å². The molecule has 8 nitrogen and oxygen atoms in total. The predicted molar refractivity (Wildman–Crippen MR) is 130 cm³/mol. The number of nitrogens with zero attached hydrogens (tertiary/aromatic N) is 5. The number of carbonyl (C=O) groups excluding carboxylic acids is 2. The van der Waals surface area contributed by atoms with E-state index in [2.05, 4.69) is 21.6 Å². The van der Waals surface area contributed by atoms with Crippen LogP contribution in [0.4, 0.5) is 0 Å². The van der Waals surface area contributed by atoms with Crippen LogP contribution in [-0.2, 0) is 4.74 Å². The van der Waals surface area contributed by atoms with Crippen LogP contribution >= 0.6 is 11.8 Å². The lowest BCUT2D eigenvalue weighted by atomic mass is 10.1. The van der Waals surface area contributed by atoms with Crippen molar-refractivity contribution in [1.82, 2.24) is 24.8 Å². The molecule has 0 aliphatic carbocycles. The number of tetrazole rings is 1. The average molecular weight is 476 g/mol. The third-order valence-corrected chi connectivity index (χ3v) is 6.55. The van der Waals surface area contributed by atoms with Gasteiger partial charge in [0.2, 0.25) is 5.16 Å². The van der Waals surface area contributed by atoms with E-state index in [9.17, 15) is 9.59 Å². The summed E-state index contributed by atoms with van der Waals surface area (Å²) < 4.78 is 8.43. The van der Waals surface area contributed by atoms with Gasteiger partial charge in [-0.3, -0.25) is 4.79 Å². The number of carbonyl (C=O) groups is 2.